The van der Waals surface area contributed by atoms with Gasteiger partial charge in [-0.1, -0.05) is 30.3 Å². The Balaban J connectivity index is 1.66. The van der Waals surface area contributed by atoms with E-state index >= 15 is 0 Å². The van der Waals surface area contributed by atoms with Gasteiger partial charge in [-0.3, -0.25) is 9.69 Å². The van der Waals surface area contributed by atoms with Crippen molar-refractivity contribution in [3.63, 3.8) is 0 Å². The molecule has 4 nitrogen and oxygen atoms in total. The monoisotopic (exact) mass is 316 g/mol. The van der Waals surface area contributed by atoms with E-state index in [1.54, 1.807) is 0 Å². The summed E-state index contributed by atoms with van der Waals surface area (Å²) in [5, 5.41) is 3.23. The van der Waals surface area contributed by atoms with Crippen molar-refractivity contribution in [1.82, 2.24) is 10.2 Å². The van der Waals surface area contributed by atoms with Crippen LogP contribution in [0.5, 0.6) is 0 Å². The number of benzene rings is 1. The second kappa shape index (κ2) is 7.45. The van der Waals surface area contributed by atoms with Crippen LogP contribution < -0.4 is 5.32 Å². The second-order valence-corrected chi connectivity index (χ2v) is 6.90. The number of hydrogen-bond donors (Lipinski definition) is 1. The summed E-state index contributed by atoms with van der Waals surface area (Å²) in [6.45, 7) is 6.37. The first kappa shape index (κ1) is 16.5. The summed E-state index contributed by atoms with van der Waals surface area (Å²) in [4.78, 5) is 14.8. The van der Waals surface area contributed by atoms with Crippen molar-refractivity contribution in [3.8, 4) is 0 Å². The van der Waals surface area contributed by atoms with E-state index in [0.29, 0.717) is 6.54 Å². The highest BCUT2D eigenvalue weighted by molar-refractivity contribution is 5.81. The van der Waals surface area contributed by atoms with E-state index in [-0.39, 0.29) is 17.4 Å². The highest BCUT2D eigenvalue weighted by Crippen LogP contribution is 2.34. The first-order chi connectivity index (χ1) is 11.2. The van der Waals surface area contributed by atoms with Crippen LogP contribution >= 0.6 is 0 Å². The summed E-state index contributed by atoms with van der Waals surface area (Å²) in [7, 11) is 0. The van der Waals surface area contributed by atoms with Gasteiger partial charge in [-0.2, -0.15) is 0 Å². The van der Waals surface area contributed by atoms with Crippen molar-refractivity contribution in [3.05, 3.63) is 35.9 Å². The molecule has 0 spiro atoms. The molecule has 0 aromatic heterocycles. The zero-order chi connectivity index (χ0) is 16.1. The van der Waals surface area contributed by atoms with E-state index in [1.807, 2.05) is 13.0 Å². The summed E-state index contributed by atoms with van der Waals surface area (Å²) in [5.74, 6) is 0.161. The van der Waals surface area contributed by atoms with Gasteiger partial charge in [0.15, 0.2) is 0 Å². The molecule has 0 saturated carbocycles. The van der Waals surface area contributed by atoms with E-state index < -0.39 is 0 Å². The summed E-state index contributed by atoms with van der Waals surface area (Å²) < 4.78 is 5.56. The molecule has 2 heterocycles. The highest BCUT2D eigenvalue weighted by Gasteiger charge is 2.35. The SMILES string of the molecule is C[C@H](C(=O)NCC1(c2ccccc2)CCOCC1)N1CCCC1. The molecule has 2 saturated heterocycles. The third-order valence-corrected chi connectivity index (χ3v) is 5.50. The molecule has 0 aliphatic carbocycles. The molecule has 1 atom stereocenters. The molecule has 1 amide bonds. The van der Waals surface area contributed by atoms with Crippen molar-refractivity contribution < 1.29 is 9.53 Å². The Morgan fingerprint density at radius 3 is 2.52 bits per heavy atom. The first-order valence-electron chi connectivity index (χ1n) is 8.86. The summed E-state index contributed by atoms with van der Waals surface area (Å²) in [6.07, 6.45) is 4.36. The fourth-order valence-corrected chi connectivity index (χ4v) is 3.82. The van der Waals surface area contributed by atoms with Crippen molar-refractivity contribution in [2.45, 2.75) is 44.1 Å². The molecule has 4 heteroatoms. The lowest BCUT2D eigenvalue weighted by Gasteiger charge is -2.38. The van der Waals surface area contributed by atoms with Crippen LogP contribution in [0, 0.1) is 0 Å². The molecule has 1 N–H and O–H groups in total. The van der Waals surface area contributed by atoms with Crippen molar-refractivity contribution in [2.24, 2.45) is 0 Å². The van der Waals surface area contributed by atoms with Crippen molar-refractivity contribution in [2.75, 3.05) is 32.8 Å². The minimum absolute atomic E-state index is 0.0138. The lowest BCUT2D eigenvalue weighted by molar-refractivity contribution is -0.126. The number of nitrogens with zero attached hydrogens (tertiary/aromatic N) is 1. The van der Waals surface area contributed by atoms with Gasteiger partial charge < -0.3 is 10.1 Å². The fraction of sp³-hybridized carbons (Fsp3) is 0.632. The Labute approximate surface area is 139 Å². The quantitative estimate of drug-likeness (QED) is 0.906. The number of amides is 1. The third kappa shape index (κ3) is 3.75. The fourth-order valence-electron chi connectivity index (χ4n) is 3.82. The van der Waals surface area contributed by atoms with Gasteiger partial charge >= 0.3 is 0 Å². The highest BCUT2D eigenvalue weighted by atomic mass is 16.5. The normalized spacial score (nSPS) is 22.7. The average Bonchev–Trinajstić information content (AvgIpc) is 3.15. The number of ether oxygens (including phenoxy) is 1. The van der Waals surface area contributed by atoms with Gasteiger partial charge in [-0.05, 0) is 51.3 Å². The van der Waals surface area contributed by atoms with Gasteiger partial charge in [0.1, 0.15) is 0 Å². The van der Waals surface area contributed by atoms with Gasteiger partial charge in [0.25, 0.3) is 0 Å². The van der Waals surface area contributed by atoms with Crippen LogP contribution in [0.15, 0.2) is 30.3 Å². The molecule has 2 aliphatic heterocycles. The number of nitrogens with one attached hydrogen (secondary N) is 1. The first-order valence-corrected chi connectivity index (χ1v) is 8.86. The maximum absolute atomic E-state index is 12.6. The Kier molecular flexibility index (Phi) is 5.34. The van der Waals surface area contributed by atoms with E-state index in [9.17, 15) is 4.79 Å². The molecule has 1 aromatic rings. The van der Waals surface area contributed by atoms with Gasteiger partial charge in [0, 0.05) is 25.2 Å². The largest absolute Gasteiger partial charge is 0.381 e. The minimum atomic E-state index is -0.0230. The second-order valence-electron chi connectivity index (χ2n) is 6.90. The molecular weight excluding hydrogens is 288 g/mol. The van der Waals surface area contributed by atoms with E-state index in [2.05, 4.69) is 34.5 Å². The van der Waals surface area contributed by atoms with E-state index in [0.717, 1.165) is 39.1 Å². The standard InChI is InChI=1S/C19H28N2O2/c1-16(21-11-5-6-12-21)18(22)20-15-19(9-13-23-14-10-19)17-7-3-2-4-8-17/h2-4,7-8,16H,5-6,9-15H2,1H3,(H,20,22)/t16-/m1/s1. The van der Waals surface area contributed by atoms with E-state index in [4.69, 9.17) is 4.74 Å². The summed E-state index contributed by atoms with van der Waals surface area (Å²) >= 11 is 0. The topological polar surface area (TPSA) is 41.6 Å². The van der Waals surface area contributed by atoms with Crippen LogP contribution in [-0.2, 0) is 14.9 Å². The maximum Gasteiger partial charge on any atom is 0.237 e. The summed E-state index contributed by atoms with van der Waals surface area (Å²) in [6, 6.07) is 10.6. The van der Waals surface area contributed by atoms with Crippen LogP contribution in [0.3, 0.4) is 0 Å². The van der Waals surface area contributed by atoms with Crippen LogP contribution in [0.25, 0.3) is 0 Å². The molecule has 3 rings (SSSR count). The summed E-state index contributed by atoms with van der Waals surface area (Å²) in [5.41, 5.74) is 1.33. The minimum Gasteiger partial charge on any atom is -0.381 e. The molecule has 1 aromatic carbocycles. The molecule has 2 fully saturated rings. The van der Waals surface area contributed by atoms with Gasteiger partial charge in [0.2, 0.25) is 5.91 Å². The van der Waals surface area contributed by atoms with Gasteiger partial charge in [-0.25, -0.2) is 0 Å². The number of carbonyl (C=O) groups is 1. The Hall–Kier alpha value is -1.39. The lowest BCUT2D eigenvalue weighted by atomic mass is 9.74. The maximum atomic E-state index is 12.6. The van der Waals surface area contributed by atoms with Gasteiger partial charge in [0.05, 0.1) is 6.04 Å². The number of likely N-dealkylation sites (tertiary alicyclic amines) is 1. The molecular formula is C19H28N2O2. The van der Waals surface area contributed by atoms with Crippen LogP contribution in [0.1, 0.15) is 38.2 Å². The third-order valence-electron chi connectivity index (χ3n) is 5.50. The lowest BCUT2D eigenvalue weighted by Crippen LogP contribution is -2.49. The number of carbonyl (C=O) groups excluding carboxylic acids is 1. The van der Waals surface area contributed by atoms with Gasteiger partial charge in [-0.15, -0.1) is 0 Å². The van der Waals surface area contributed by atoms with Crippen LogP contribution in [0.4, 0.5) is 0 Å². The number of hydrogen-bond acceptors (Lipinski definition) is 3. The van der Waals surface area contributed by atoms with Crippen LogP contribution in [-0.4, -0.2) is 49.7 Å². The smallest absolute Gasteiger partial charge is 0.237 e. The predicted octanol–water partition coefficient (Wildman–Crippen LogP) is 2.34. The van der Waals surface area contributed by atoms with Crippen molar-refractivity contribution in [1.29, 1.82) is 0 Å². The average molecular weight is 316 g/mol. The van der Waals surface area contributed by atoms with Crippen LogP contribution in [0.2, 0.25) is 0 Å². The van der Waals surface area contributed by atoms with Crippen molar-refractivity contribution >= 4 is 5.91 Å². The Morgan fingerprint density at radius 1 is 1.22 bits per heavy atom. The predicted molar refractivity (Wildman–Crippen MR) is 91.5 cm³/mol. The molecule has 0 bridgehead atoms. The molecule has 2 aliphatic rings. The zero-order valence-corrected chi connectivity index (χ0v) is 14.1. The molecule has 23 heavy (non-hydrogen) atoms. The molecule has 0 unspecified atom stereocenters. The van der Waals surface area contributed by atoms with E-state index in [1.165, 1.54) is 18.4 Å². The molecule has 0 radical (unpaired) electrons. The Morgan fingerprint density at radius 2 is 1.87 bits per heavy atom. The number of rotatable bonds is 5. The molecule has 126 valence electrons. The zero-order valence-electron chi connectivity index (χ0n) is 14.1. The Bertz CT molecular complexity index is 505.